The number of fused-ring (bicyclic) bond motifs is 6. The standard InChI is InChI=1S/C46H27F3N4O/c47-46(48,49)31-23-25-39-36(27-31)33-16-7-9-20-38(33)53(39)40-24-22-30(32-18-11-19-35-34-17-8-10-21-41(34)54-42(32)35)26-37(40)45-51-43(28-12-3-1-4-13-28)50-44(52-45)29-14-5-2-6-15-29/h1-27H. The normalized spacial score (nSPS) is 12.0. The molecule has 258 valence electrons. The number of furan rings is 1. The van der Waals surface area contributed by atoms with E-state index in [4.69, 9.17) is 19.4 Å². The van der Waals surface area contributed by atoms with Crippen LogP contribution in [0.15, 0.2) is 168 Å². The van der Waals surface area contributed by atoms with Crippen LogP contribution in [0.25, 0.3) is 94.7 Å². The van der Waals surface area contributed by atoms with Gasteiger partial charge < -0.3 is 8.98 Å². The zero-order valence-electron chi connectivity index (χ0n) is 28.4. The van der Waals surface area contributed by atoms with E-state index in [-0.39, 0.29) is 0 Å². The summed E-state index contributed by atoms with van der Waals surface area (Å²) in [5.41, 5.74) is 6.96. The highest BCUT2D eigenvalue weighted by molar-refractivity contribution is 6.11. The highest BCUT2D eigenvalue weighted by Crippen LogP contribution is 2.42. The Labute approximate surface area is 306 Å². The number of aromatic nitrogens is 4. The first kappa shape index (κ1) is 31.7. The molecule has 5 nitrogen and oxygen atoms in total. The zero-order valence-corrected chi connectivity index (χ0v) is 28.4. The van der Waals surface area contributed by atoms with Gasteiger partial charge in [-0.2, -0.15) is 13.2 Å². The minimum atomic E-state index is -4.49. The van der Waals surface area contributed by atoms with Gasteiger partial charge in [-0.25, -0.2) is 15.0 Å². The molecule has 0 N–H and O–H groups in total. The second kappa shape index (κ2) is 12.3. The van der Waals surface area contributed by atoms with Crippen LogP contribution >= 0.6 is 0 Å². The van der Waals surface area contributed by atoms with Gasteiger partial charge in [-0.15, -0.1) is 0 Å². The number of halogens is 3. The van der Waals surface area contributed by atoms with Crippen molar-refractivity contribution in [3.05, 3.63) is 169 Å². The van der Waals surface area contributed by atoms with Crippen molar-refractivity contribution in [3.63, 3.8) is 0 Å². The molecular formula is C46H27F3N4O. The van der Waals surface area contributed by atoms with Crippen LogP contribution in [-0.4, -0.2) is 19.5 Å². The molecule has 0 saturated carbocycles. The molecule has 8 heteroatoms. The van der Waals surface area contributed by atoms with Gasteiger partial charge in [-0.3, -0.25) is 0 Å². The third kappa shape index (κ3) is 5.22. The van der Waals surface area contributed by atoms with Crippen molar-refractivity contribution in [2.24, 2.45) is 0 Å². The highest BCUT2D eigenvalue weighted by atomic mass is 19.4. The monoisotopic (exact) mass is 708 g/mol. The minimum absolute atomic E-state index is 0.411. The number of hydrogen-bond donors (Lipinski definition) is 0. The van der Waals surface area contributed by atoms with Crippen LogP contribution in [0, 0.1) is 0 Å². The minimum Gasteiger partial charge on any atom is -0.455 e. The fourth-order valence-corrected chi connectivity index (χ4v) is 7.39. The summed E-state index contributed by atoms with van der Waals surface area (Å²) < 4.78 is 50.6. The predicted octanol–water partition coefficient (Wildman–Crippen LogP) is 12.6. The SMILES string of the molecule is FC(F)(F)c1ccc2c(c1)c1ccccc1n2-c1ccc(-c2cccc3c2oc2ccccc23)cc1-c1nc(-c2ccccc2)nc(-c2ccccc2)n1. The number of para-hydroxylation sites is 3. The molecule has 0 unspecified atom stereocenters. The van der Waals surface area contributed by atoms with Crippen LogP contribution in [0.1, 0.15) is 5.56 Å². The van der Waals surface area contributed by atoms with Crippen LogP contribution < -0.4 is 0 Å². The molecule has 0 radical (unpaired) electrons. The summed E-state index contributed by atoms with van der Waals surface area (Å²) in [5.74, 6) is 1.40. The van der Waals surface area contributed by atoms with Gasteiger partial charge in [0.2, 0.25) is 0 Å². The molecular weight excluding hydrogens is 682 g/mol. The molecule has 0 atom stereocenters. The molecule has 0 bridgehead atoms. The molecule has 10 rings (SSSR count). The van der Waals surface area contributed by atoms with E-state index in [9.17, 15) is 13.2 Å². The largest absolute Gasteiger partial charge is 0.455 e. The summed E-state index contributed by atoms with van der Waals surface area (Å²) in [7, 11) is 0. The van der Waals surface area contributed by atoms with Gasteiger partial charge in [0.15, 0.2) is 17.5 Å². The van der Waals surface area contributed by atoms with Gasteiger partial charge in [0.25, 0.3) is 0 Å². The predicted molar refractivity (Wildman–Crippen MR) is 208 cm³/mol. The Morgan fingerprint density at radius 3 is 1.78 bits per heavy atom. The number of rotatable bonds is 5. The molecule has 3 heterocycles. The van der Waals surface area contributed by atoms with E-state index in [1.165, 1.54) is 6.07 Å². The maximum atomic E-state index is 14.0. The summed E-state index contributed by atoms with van der Waals surface area (Å²) in [5, 5.41) is 3.21. The molecule has 0 aliphatic rings. The van der Waals surface area contributed by atoms with Crippen molar-refractivity contribution >= 4 is 43.7 Å². The van der Waals surface area contributed by atoms with Gasteiger partial charge in [0.05, 0.1) is 22.3 Å². The van der Waals surface area contributed by atoms with E-state index in [1.54, 1.807) is 6.07 Å². The summed E-state index contributed by atoms with van der Waals surface area (Å²) >= 11 is 0. The third-order valence-corrected chi connectivity index (χ3v) is 9.89. The Kier molecular flexibility index (Phi) is 7.20. The second-order valence-electron chi connectivity index (χ2n) is 13.1. The average Bonchev–Trinajstić information content (AvgIpc) is 3.76. The molecule has 0 amide bonds. The first-order chi connectivity index (χ1) is 26.4. The van der Waals surface area contributed by atoms with Crippen molar-refractivity contribution < 1.29 is 17.6 Å². The van der Waals surface area contributed by atoms with Crippen molar-refractivity contribution in [1.29, 1.82) is 0 Å². The lowest BCUT2D eigenvalue weighted by molar-refractivity contribution is -0.137. The van der Waals surface area contributed by atoms with E-state index < -0.39 is 11.7 Å². The molecule has 54 heavy (non-hydrogen) atoms. The molecule has 7 aromatic carbocycles. The third-order valence-electron chi connectivity index (χ3n) is 9.89. The lowest BCUT2D eigenvalue weighted by atomic mass is 9.98. The summed E-state index contributed by atoms with van der Waals surface area (Å²) in [6.07, 6.45) is -4.49. The van der Waals surface area contributed by atoms with E-state index in [0.29, 0.717) is 45.0 Å². The molecule has 0 saturated heterocycles. The molecule has 0 aliphatic heterocycles. The van der Waals surface area contributed by atoms with Crippen molar-refractivity contribution in [1.82, 2.24) is 19.5 Å². The van der Waals surface area contributed by atoms with Crippen molar-refractivity contribution in [2.45, 2.75) is 6.18 Å². The Morgan fingerprint density at radius 2 is 1.06 bits per heavy atom. The summed E-state index contributed by atoms with van der Waals surface area (Å²) in [4.78, 5) is 15.1. The smallest absolute Gasteiger partial charge is 0.416 e. The fraction of sp³-hybridized carbons (Fsp3) is 0.0217. The lowest BCUT2D eigenvalue weighted by Gasteiger charge is -2.16. The van der Waals surface area contributed by atoms with Gasteiger partial charge in [0.1, 0.15) is 11.2 Å². The number of benzene rings is 7. The van der Waals surface area contributed by atoms with E-state index in [1.807, 2.05) is 144 Å². The Balaban J connectivity index is 1.29. The van der Waals surface area contributed by atoms with Crippen LogP contribution in [0.5, 0.6) is 0 Å². The fourth-order valence-electron chi connectivity index (χ4n) is 7.39. The van der Waals surface area contributed by atoms with Crippen molar-refractivity contribution in [3.8, 4) is 51.0 Å². The zero-order chi connectivity index (χ0) is 36.4. The van der Waals surface area contributed by atoms with Gasteiger partial charge in [-0.1, -0.05) is 121 Å². The summed E-state index contributed by atoms with van der Waals surface area (Å²) in [6.45, 7) is 0. The number of hydrogen-bond acceptors (Lipinski definition) is 4. The van der Waals surface area contributed by atoms with Crippen LogP contribution in [0.4, 0.5) is 13.2 Å². The maximum absolute atomic E-state index is 14.0. The van der Waals surface area contributed by atoms with E-state index in [0.717, 1.165) is 55.8 Å². The Bertz CT molecular complexity index is 2980. The van der Waals surface area contributed by atoms with E-state index in [2.05, 4.69) is 6.07 Å². The Hall–Kier alpha value is -7.06. The summed E-state index contributed by atoms with van der Waals surface area (Å²) in [6, 6.07) is 51.0. The van der Waals surface area contributed by atoms with E-state index >= 15 is 0 Å². The lowest BCUT2D eigenvalue weighted by Crippen LogP contribution is -2.05. The van der Waals surface area contributed by atoms with Gasteiger partial charge in [-0.05, 0) is 48.0 Å². The first-order valence-electron chi connectivity index (χ1n) is 17.4. The molecule has 10 aromatic rings. The molecule has 3 aromatic heterocycles. The highest BCUT2D eigenvalue weighted by Gasteiger charge is 2.31. The maximum Gasteiger partial charge on any atom is 0.416 e. The molecule has 0 aliphatic carbocycles. The molecule has 0 spiro atoms. The Morgan fingerprint density at radius 1 is 0.444 bits per heavy atom. The average molecular weight is 709 g/mol. The topological polar surface area (TPSA) is 56.7 Å². The quantitative estimate of drug-likeness (QED) is 0.179. The van der Waals surface area contributed by atoms with Gasteiger partial charge >= 0.3 is 6.18 Å². The number of alkyl halides is 3. The molecule has 0 fully saturated rings. The first-order valence-corrected chi connectivity index (χ1v) is 17.4. The van der Waals surface area contributed by atoms with Gasteiger partial charge in [0, 0.05) is 43.8 Å². The second-order valence-corrected chi connectivity index (χ2v) is 13.1. The van der Waals surface area contributed by atoms with Crippen LogP contribution in [-0.2, 0) is 6.18 Å². The van der Waals surface area contributed by atoms with Crippen LogP contribution in [0.3, 0.4) is 0 Å². The number of nitrogens with zero attached hydrogens (tertiary/aromatic N) is 4. The van der Waals surface area contributed by atoms with Crippen LogP contribution in [0.2, 0.25) is 0 Å². The van der Waals surface area contributed by atoms with Crippen molar-refractivity contribution in [2.75, 3.05) is 0 Å².